The predicted molar refractivity (Wildman–Crippen MR) is 72.7 cm³/mol. The fourth-order valence-electron chi connectivity index (χ4n) is 2.59. The first-order chi connectivity index (χ1) is 10.4. The maximum atomic E-state index is 14.0. The molecule has 2 aromatic rings. The molecule has 0 spiro atoms. The molecular formula is C13H13FN4O4. The van der Waals surface area contributed by atoms with Crippen molar-refractivity contribution in [3.05, 3.63) is 18.3 Å². The van der Waals surface area contributed by atoms with Crippen molar-refractivity contribution in [1.82, 2.24) is 14.5 Å². The average molecular weight is 308 g/mol. The minimum Gasteiger partial charge on any atom is -0.394 e. The highest BCUT2D eigenvalue weighted by Gasteiger charge is 2.55. The van der Waals surface area contributed by atoms with Crippen molar-refractivity contribution in [2.45, 2.75) is 24.0 Å². The Hall–Kier alpha value is -2.25. The summed E-state index contributed by atoms with van der Waals surface area (Å²) in [5.41, 5.74) is 3.58. The van der Waals surface area contributed by atoms with Crippen LogP contribution in [0.25, 0.3) is 11.0 Å². The molecular weight excluding hydrogens is 295 g/mol. The molecule has 0 aliphatic carbocycles. The molecule has 5 N–H and O–H groups in total. The summed E-state index contributed by atoms with van der Waals surface area (Å²) in [5, 5.41) is 29.7. The van der Waals surface area contributed by atoms with Crippen LogP contribution in [0.5, 0.6) is 0 Å². The zero-order chi connectivity index (χ0) is 16.1. The van der Waals surface area contributed by atoms with Crippen LogP contribution in [-0.2, 0) is 4.74 Å². The highest BCUT2D eigenvalue weighted by Crippen LogP contribution is 2.39. The second-order valence-electron chi connectivity index (χ2n) is 4.95. The van der Waals surface area contributed by atoms with Gasteiger partial charge in [0, 0.05) is 6.20 Å². The van der Waals surface area contributed by atoms with Crippen molar-refractivity contribution in [2.24, 2.45) is 0 Å². The Morgan fingerprint density at radius 2 is 2.27 bits per heavy atom. The molecule has 0 radical (unpaired) electrons. The summed E-state index contributed by atoms with van der Waals surface area (Å²) >= 11 is 0. The lowest BCUT2D eigenvalue weighted by Gasteiger charge is -2.24. The summed E-state index contributed by atoms with van der Waals surface area (Å²) in [6.07, 6.45) is 3.31. The number of aliphatic hydroxyl groups is 3. The Bertz CT molecular complexity index is 773. The molecule has 22 heavy (non-hydrogen) atoms. The summed E-state index contributed by atoms with van der Waals surface area (Å²) in [5.74, 6) is 1.24. The van der Waals surface area contributed by atoms with Crippen molar-refractivity contribution < 1.29 is 24.4 Å². The van der Waals surface area contributed by atoms with Gasteiger partial charge >= 0.3 is 0 Å². The van der Waals surface area contributed by atoms with Gasteiger partial charge in [0.1, 0.15) is 24.4 Å². The maximum Gasteiger partial charge on any atom is 0.183 e. The minimum absolute atomic E-state index is 0.0324. The van der Waals surface area contributed by atoms with Gasteiger partial charge in [-0.1, -0.05) is 5.92 Å². The number of aromatic nitrogens is 3. The monoisotopic (exact) mass is 308 g/mol. The number of terminal acetylenes is 1. The Morgan fingerprint density at radius 3 is 2.86 bits per heavy atom. The Labute approximate surface area is 124 Å². The number of fused-ring (bicyclic) bond motifs is 1. The second-order valence-corrected chi connectivity index (χ2v) is 4.95. The van der Waals surface area contributed by atoms with Gasteiger partial charge in [-0.25, -0.2) is 14.4 Å². The molecule has 3 heterocycles. The number of rotatable bonds is 2. The first-order valence-corrected chi connectivity index (χ1v) is 6.35. The van der Waals surface area contributed by atoms with Crippen LogP contribution in [0.2, 0.25) is 0 Å². The standard InChI is InChI=1S/C13H13FN4O4/c1-2-13(21)7(4-19)22-12(9(13)20)18-3-6(14)8-10(15)16-5-17-11(8)18/h1,3,5,7,9,12,19-21H,4H2,(H2,15,16,17)/t7-,9+,12-,13-/m1/s1. The van der Waals surface area contributed by atoms with E-state index in [1.165, 1.54) is 0 Å². The van der Waals surface area contributed by atoms with Gasteiger partial charge in [-0.05, 0) is 0 Å². The van der Waals surface area contributed by atoms with E-state index in [0.29, 0.717) is 0 Å². The van der Waals surface area contributed by atoms with E-state index in [0.717, 1.165) is 17.1 Å². The van der Waals surface area contributed by atoms with Crippen molar-refractivity contribution in [1.29, 1.82) is 0 Å². The van der Waals surface area contributed by atoms with E-state index in [4.69, 9.17) is 16.9 Å². The highest BCUT2D eigenvalue weighted by atomic mass is 19.1. The van der Waals surface area contributed by atoms with E-state index in [1.807, 2.05) is 5.92 Å². The molecule has 0 aromatic carbocycles. The third kappa shape index (κ3) is 1.79. The third-order valence-electron chi connectivity index (χ3n) is 3.78. The Kier molecular flexibility index (Phi) is 3.26. The molecule has 1 fully saturated rings. The molecule has 1 aliphatic heterocycles. The number of nitrogen functional groups attached to an aromatic ring is 1. The van der Waals surface area contributed by atoms with Gasteiger partial charge in [-0.3, -0.25) is 0 Å². The van der Waals surface area contributed by atoms with Gasteiger partial charge in [0.05, 0.1) is 12.0 Å². The molecule has 9 heteroatoms. The minimum atomic E-state index is -2.11. The number of anilines is 1. The van der Waals surface area contributed by atoms with Crippen molar-refractivity contribution in [2.75, 3.05) is 12.3 Å². The molecule has 1 aliphatic rings. The highest BCUT2D eigenvalue weighted by molar-refractivity contribution is 5.86. The van der Waals surface area contributed by atoms with E-state index in [1.54, 1.807) is 0 Å². The molecule has 8 nitrogen and oxygen atoms in total. The van der Waals surface area contributed by atoms with Gasteiger partial charge in [-0.2, -0.15) is 0 Å². The first-order valence-electron chi connectivity index (χ1n) is 6.35. The molecule has 4 atom stereocenters. The lowest BCUT2D eigenvalue weighted by molar-refractivity contribution is -0.0605. The molecule has 3 rings (SSSR count). The van der Waals surface area contributed by atoms with E-state index in [9.17, 15) is 19.7 Å². The molecule has 0 unspecified atom stereocenters. The Balaban J connectivity index is 2.14. The van der Waals surface area contributed by atoms with Crippen LogP contribution in [0.1, 0.15) is 6.23 Å². The largest absolute Gasteiger partial charge is 0.394 e. The smallest absolute Gasteiger partial charge is 0.183 e. The molecule has 2 aromatic heterocycles. The molecule has 0 bridgehead atoms. The summed E-state index contributed by atoms with van der Waals surface area (Å²) < 4.78 is 20.6. The quantitative estimate of drug-likeness (QED) is 0.511. The molecule has 0 saturated carbocycles. The normalized spacial score (nSPS) is 31.5. The van der Waals surface area contributed by atoms with Crippen LogP contribution >= 0.6 is 0 Å². The zero-order valence-corrected chi connectivity index (χ0v) is 11.2. The number of hydrogen-bond donors (Lipinski definition) is 4. The summed E-state index contributed by atoms with van der Waals surface area (Å²) in [7, 11) is 0. The van der Waals surface area contributed by atoms with Gasteiger partial charge in [-0.15, -0.1) is 6.42 Å². The lowest BCUT2D eigenvalue weighted by Crippen LogP contribution is -2.47. The number of nitrogens with zero attached hydrogens (tertiary/aromatic N) is 3. The number of ether oxygens (including phenoxy) is 1. The SMILES string of the molecule is C#C[C@@]1(O)[C@@H](CO)O[C@@H](n2cc(F)c3c(N)ncnc32)[C@@H]1O. The Morgan fingerprint density at radius 1 is 1.55 bits per heavy atom. The average Bonchev–Trinajstić information content (AvgIpc) is 2.97. The number of halogens is 1. The fraction of sp³-hybridized carbons (Fsp3) is 0.385. The molecule has 0 amide bonds. The summed E-state index contributed by atoms with van der Waals surface area (Å²) in [6, 6.07) is 0. The van der Waals surface area contributed by atoms with Crippen molar-refractivity contribution in [3.8, 4) is 12.3 Å². The number of hydrogen-bond acceptors (Lipinski definition) is 7. The van der Waals surface area contributed by atoms with Crippen LogP contribution in [-0.4, -0.2) is 54.3 Å². The van der Waals surface area contributed by atoms with Crippen LogP contribution < -0.4 is 5.73 Å². The number of aliphatic hydroxyl groups excluding tert-OH is 2. The molecule has 1 saturated heterocycles. The topological polar surface area (TPSA) is 127 Å². The van der Waals surface area contributed by atoms with E-state index in [-0.39, 0.29) is 16.9 Å². The fourth-order valence-corrected chi connectivity index (χ4v) is 2.59. The van der Waals surface area contributed by atoms with Crippen LogP contribution in [0.4, 0.5) is 10.2 Å². The second kappa shape index (κ2) is 4.89. The van der Waals surface area contributed by atoms with Gasteiger partial charge < -0.3 is 30.4 Å². The van der Waals surface area contributed by atoms with Gasteiger partial charge in [0.2, 0.25) is 0 Å². The number of nitrogens with two attached hydrogens (primary N) is 1. The van der Waals surface area contributed by atoms with Crippen molar-refractivity contribution >= 4 is 16.9 Å². The first kappa shape index (κ1) is 14.7. The van der Waals surface area contributed by atoms with E-state index >= 15 is 0 Å². The third-order valence-corrected chi connectivity index (χ3v) is 3.78. The summed E-state index contributed by atoms with van der Waals surface area (Å²) in [6.45, 7) is -0.618. The lowest BCUT2D eigenvalue weighted by atomic mass is 9.93. The van der Waals surface area contributed by atoms with E-state index in [2.05, 4.69) is 9.97 Å². The van der Waals surface area contributed by atoms with Crippen LogP contribution in [0.15, 0.2) is 12.5 Å². The van der Waals surface area contributed by atoms with E-state index < -0.39 is 36.5 Å². The van der Waals surface area contributed by atoms with Crippen LogP contribution in [0, 0.1) is 18.2 Å². The van der Waals surface area contributed by atoms with Gasteiger partial charge in [0.15, 0.2) is 23.3 Å². The van der Waals surface area contributed by atoms with Crippen molar-refractivity contribution in [3.63, 3.8) is 0 Å². The summed E-state index contributed by atoms with van der Waals surface area (Å²) in [4.78, 5) is 7.60. The predicted octanol–water partition coefficient (Wildman–Crippen LogP) is -1.23. The van der Waals surface area contributed by atoms with Gasteiger partial charge in [0.25, 0.3) is 0 Å². The molecule has 116 valence electrons. The zero-order valence-electron chi connectivity index (χ0n) is 11.2. The van der Waals surface area contributed by atoms with Crippen LogP contribution in [0.3, 0.4) is 0 Å². The maximum absolute atomic E-state index is 14.0.